The number of allylic oxidation sites excluding steroid dienone is 2. The molecule has 0 saturated heterocycles. The fourth-order valence-electron chi connectivity index (χ4n) is 4.69. The summed E-state index contributed by atoms with van der Waals surface area (Å²) in [7, 11) is 1.70. The fourth-order valence-corrected chi connectivity index (χ4v) is 4.69. The summed E-state index contributed by atoms with van der Waals surface area (Å²) in [4.78, 5) is 0. The number of fused-ring (bicyclic) bond motifs is 1. The van der Waals surface area contributed by atoms with Gasteiger partial charge in [0.2, 0.25) is 0 Å². The molecule has 1 fully saturated rings. The fraction of sp³-hybridized carbons (Fsp3) is 0.619. The number of rotatable bonds is 6. The second kappa shape index (κ2) is 7.09. The highest BCUT2D eigenvalue weighted by Gasteiger charge is 2.45. The van der Waals surface area contributed by atoms with Crippen molar-refractivity contribution in [2.45, 2.75) is 52.6 Å². The van der Waals surface area contributed by atoms with Gasteiger partial charge in [0.25, 0.3) is 0 Å². The van der Waals surface area contributed by atoms with Crippen molar-refractivity contribution in [3.8, 4) is 5.75 Å². The van der Waals surface area contributed by atoms with Crippen LogP contribution >= 0.6 is 0 Å². The molecule has 0 heterocycles. The summed E-state index contributed by atoms with van der Waals surface area (Å²) < 4.78 is 11.2. The van der Waals surface area contributed by atoms with Crippen LogP contribution < -0.4 is 4.74 Å². The van der Waals surface area contributed by atoms with Crippen molar-refractivity contribution in [1.82, 2.24) is 0 Å². The maximum Gasteiger partial charge on any atom is 0.118 e. The SMILES string of the molecule is COc1ccc(COC[C@@H](C)[C@H]2CCC3=CCCC[C@@]32C)cc1. The minimum atomic E-state index is 0.446. The molecule has 1 saturated carbocycles. The van der Waals surface area contributed by atoms with Gasteiger partial charge in [-0.25, -0.2) is 0 Å². The van der Waals surface area contributed by atoms with Crippen molar-refractivity contribution in [3.05, 3.63) is 41.5 Å². The third-order valence-electron chi connectivity index (χ3n) is 6.06. The molecule has 2 aliphatic rings. The average molecular weight is 314 g/mol. The Labute approximate surface area is 140 Å². The van der Waals surface area contributed by atoms with Gasteiger partial charge in [0.1, 0.15) is 5.75 Å². The Morgan fingerprint density at radius 2 is 2.04 bits per heavy atom. The van der Waals surface area contributed by atoms with Gasteiger partial charge in [-0.05, 0) is 67.1 Å². The summed E-state index contributed by atoms with van der Waals surface area (Å²) in [5.74, 6) is 2.31. The van der Waals surface area contributed by atoms with Crippen LogP contribution in [0.3, 0.4) is 0 Å². The third kappa shape index (κ3) is 3.47. The molecule has 0 N–H and O–H groups in total. The van der Waals surface area contributed by atoms with Crippen LogP contribution in [0.15, 0.2) is 35.9 Å². The Balaban J connectivity index is 1.52. The molecule has 2 aliphatic carbocycles. The van der Waals surface area contributed by atoms with Gasteiger partial charge in [-0.1, -0.05) is 37.6 Å². The van der Waals surface area contributed by atoms with E-state index in [1.54, 1.807) is 12.7 Å². The van der Waals surface area contributed by atoms with Crippen LogP contribution in [-0.2, 0) is 11.3 Å². The summed E-state index contributed by atoms with van der Waals surface area (Å²) in [6.07, 6.45) is 9.19. The Morgan fingerprint density at radius 1 is 1.26 bits per heavy atom. The van der Waals surface area contributed by atoms with E-state index in [0.717, 1.165) is 18.3 Å². The molecule has 1 aromatic rings. The van der Waals surface area contributed by atoms with E-state index in [2.05, 4.69) is 32.1 Å². The average Bonchev–Trinajstić information content (AvgIpc) is 2.92. The molecule has 0 bridgehead atoms. The van der Waals surface area contributed by atoms with Crippen molar-refractivity contribution in [2.24, 2.45) is 17.3 Å². The first kappa shape index (κ1) is 16.6. The zero-order valence-corrected chi connectivity index (χ0v) is 14.8. The maximum atomic E-state index is 6.03. The van der Waals surface area contributed by atoms with E-state index in [1.165, 1.54) is 37.7 Å². The number of hydrogen-bond acceptors (Lipinski definition) is 2. The largest absolute Gasteiger partial charge is 0.497 e. The van der Waals surface area contributed by atoms with Crippen molar-refractivity contribution in [3.63, 3.8) is 0 Å². The first-order chi connectivity index (χ1) is 11.1. The quantitative estimate of drug-likeness (QED) is 0.657. The predicted octanol–water partition coefficient (Wildman–Crippen LogP) is 5.37. The first-order valence-corrected chi connectivity index (χ1v) is 9.03. The summed E-state index contributed by atoms with van der Waals surface area (Å²) in [5.41, 5.74) is 3.39. The Bertz CT molecular complexity index is 545. The normalized spacial score (nSPS) is 28.1. The lowest BCUT2D eigenvalue weighted by Gasteiger charge is -2.39. The topological polar surface area (TPSA) is 18.5 Å². The zero-order chi connectivity index (χ0) is 16.3. The molecular formula is C21H30O2. The number of methoxy groups -OCH3 is 1. The van der Waals surface area contributed by atoms with Crippen molar-refractivity contribution < 1.29 is 9.47 Å². The second-order valence-electron chi connectivity index (χ2n) is 7.52. The summed E-state index contributed by atoms with van der Waals surface area (Å²) in [6, 6.07) is 8.17. The number of ether oxygens (including phenoxy) is 2. The minimum absolute atomic E-state index is 0.446. The number of benzene rings is 1. The van der Waals surface area contributed by atoms with Gasteiger partial charge in [0.05, 0.1) is 13.7 Å². The molecule has 0 spiro atoms. The molecular weight excluding hydrogens is 284 g/mol. The van der Waals surface area contributed by atoms with Crippen LogP contribution in [0.25, 0.3) is 0 Å². The van der Waals surface area contributed by atoms with E-state index in [4.69, 9.17) is 9.47 Å². The molecule has 0 amide bonds. The summed E-state index contributed by atoms with van der Waals surface area (Å²) >= 11 is 0. The van der Waals surface area contributed by atoms with Crippen molar-refractivity contribution in [2.75, 3.05) is 13.7 Å². The molecule has 0 radical (unpaired) electrons. The maximum absolute atomic E-state index is 6.03. The van der Waals surface area contributed by atoms with Gasteiger partial charge in [-0.3, -0.25) is 0 Å². The van der Waals surface area contributed by atoms with E-state index in [-0.39, 0.29) is 0 Å². The standard InChI is InChI=1S/C21H30O2/c1-16(14-23-15-17-7-10-19(22-3)11-8-17)20-12-9-18-6-4-5-13-21(18,20)2/h6-8,10-11,16,20H,4-5,9,12-15H2,1-3H3/t16-,20-,21+/m1/s1. The van der Waals surface area contributed by atoms with Gasteiger partial charge >= 0.3 is 0 Å². The highest BCUT2D eigenvalue weighted by molar-refractivity contribution is 5.26. The van der Waals surface area contributed by atoms with Gasteiger partial charge in [-0.2, -0.15) is 0 Å². The molecule has 1 aromatic carbocycles. The van der Waals surface area contributed by atoms with E-state index in [1.807, 2.05) is 12.1 Å². The minimum Gasteiger partial charge on any atom is -0.497 e. The monoisotopic (exact) mass is 314 g/mol. The Morgan fingerprint density at radius 3 is 2.78 bits per heavy atom. The highest BCUT2D eigenvalue weighted by atomic mass is 16.5. The van der Waals surface area contributed by atoms with Crippen LogP contribution in [0, 0.1) is 17.3 Å². The second-order valence-corrected chi connectivity index (χ2v) is 7.52. The van der Waals surface area contributed by atoms with Crippen LogP contribution in [0.4, 0.5) is 0 Å². The third-order valence-corrected chi connectivity index (χ3v) is 6.06. The lowest BCUT2D eigenvalue weighted by Crippen LogP contribution is -2.31. The summed E-state index contributed by atoms with van der Waals surface area (Å²) in [6.45, 7) is 6.43. The van der Waals surface area contributed by atoms with Gasteiger partial charge in [0.15, 0.2) is 0 Å². The summed E-state index contributed by atoms with van der Waals surface area (Å²) in [5, 5.41) is 0. The van der Waals surface area contributed by atoms with Crippen LogP contribution in [0.2, 0.25) is 0 Å². The smallest absolute Gasteiger partial charge is 0.118 e. The van der Waals surface area contributed by atoms with Gasteiger partial charge < -0.3 is 9.47 Å². The zero-order valence-electron chi connectivity index (χ0n) is 14.8. The molecule has 3 atom stereocenters. The molecule has 0 aromatic heterocycles. The van der Waals surface area contributed by atoms with E-state index >= 15 is 0 Å². The Hall–Kier alpha value is -1.28. The van der Waals surface area contributed by atoms with E-state index < -0.39 is 0 Å². The predicted molar refractivity (Wildman–Crippen MR) is 94.6 cm³/mol. The van der Waals surface area contributed by atoms with Crippen molar-refractivity contribution >= 4 is 0 Å². The molecule has 0 aliphatic heterocycles. The van der Waals surface area contributed by atoms with Crippen LogP contribution in [-0.4, -0.2) is 13.7 Å². The van der Waals surface area contributed by atoms with E-state index in [0.29, 0.717) is 17.9 Å². The molecule has 23 heavy (non-hydrogen) atoms. The molecule has 126 valence electrons. The van der Waals surface area contributed by atoms with E-state index in [9.17, 15) is 0 Å². The van der Waals surface area contributed by atoms with Gasteiger partial charge in [-0.15, -0.1) is 0 Å². The lowest BCUT2D eigenvalue weighted by atomic mass is 9.67. The van der Waals surface area contributed by atoms with Crippen LogP contribution in [0.1, 0.15) is 51.5 Å². The Kier molecular flexibility index (Phi) is 5.11. The lowest BCUT2D eigenvalue weighted by molar-refractivity contribution is 0.0475. The first-order valence-electron chi connectivity index (χ1n) is 9.03. The highest BCUT2D eigenvalue weighted by Crippen LogP contribution is 2.55. The van der Waals surface area contributed by atoms with Crippen LogP contribution in [0.5, 0.6) is 5.75 Å². The molecule has 2 nitrogen and oxygen atoms in total. The number of hydrogen-bond donors (Lipinski definition) is 0. The van der Waals surface area contributed by atoms with Crippen molar-refractivity contribution in [1.29, 1.82) is 0 Å². The van der Waals surface area contributed by atoms with Gasteiger partial charge in [0, 0.05) is 6.61 Å². The molecule has 3 rings (SSSR count). The molecule has 0 unspecified atom stereocenters. The molecule has 2 heteroatoms.